The van der Waals surface area contributed by atoms with Crippen molar-refractivity contribution in [2.24, 2.45) is 0 Å². The summed E-state index contributed by atoms with van der Waals surface area (Å²) in [6.45, 7) is 1.39. The Morgan fingerprint density at radius 3 is 2.52 bits per heavy atom. The smallest absolute Gasteiger partial charge is 0.255 e. The Balaban J connectivity index is 1.41. The van der Waals surface area contributed by atoms with Gasteiger partial charge in [-0.05, 0) is 61.0 Å². The number of hydrogen-bond acceptors (Lipinski definition) is 5. The number of pyridine rings is 2. The molecule has 4 N–H and O–H groups in total. The SMILES string of the molecule is O=C(Nc1ccc(Nc2ccnc3[nH]c(=O)c4c(c23)CCNC4)cc1)c1ccccc1. The van der Waals surface area contributed by atoms with Gasteiger partial charge in [0.25, 0.3) is 11.5 Å². The van der Waals surface area contributed by atoms with E-state index in [1.807, 2.05) is 48.5 Å². The van der Waals surface area contributed by atoms with Crippen molar-refractivity contribution in [3.63, 3.8) is 0 Å². The summed E-state index contributed by atoms with van der Waals surface area (Å²) in [5, 5.41) is 10.5. The Hall–Kier alpha value is -3.97. The van der Waals surface area contributed by atoms with Crippen LogP contribution in [0.25, 0.3) is 11.0 Å². The minimum absolute atomic E-state index is 0.0853. The van der Waals surface area contributed by atoms with Crippen LogP contribution >= 0.6 is 0 Å². The first-order chi connectivity index (χ1) is 15.2. The van der Waals surface area contributed by atoms with E-state index in [4.69, 9.17) is 0 Å². The predicted molar refractivity (Wildman–Crippen MR) is 122 cm³/mol. The maximum absolute atomic E-state index is 12.4. The van der Waals surface area contributed by atoms with E-state index in [2.05, 4.69) is 25.9 Å². The summed E-state index contributed by atoms with van der Waals surface area (Å²) in [5.41, 5.74) is 5.40. The van der Waals surface area contributed by atoms with Crippen LogP contribution in [0, 0.1) is 0 Å². The number of amides is 1. The van der Waals surface area contributed by atoms with Crippen LogP contribution in [0.1, 0.15) is 21.5 Å². The number of benzene rings is 2. The van der Waals surface area contributed by atoms with Crippen molar-refractivity contribution < 1.29 is 4.79 Å². The van der Waals surface area contributed by atoms with Crippen molar-refractivity contribution in [3.8, 4) is 0 Å². The number of carbonyl (C=O) groups is 1. The first-order valence-electron chi connectivity index (χ1n) is 10.2. The molecule has 4 aromatic rings. The van der Waals surface area contributed by atoms with Gasteiger partial charge in [0.05, 0.1) is 5.69 Å². The zero-order valence-electron chi connectivity index (χ0n) is 16.7. The number of H-pyrrole nitrogens is 1. The van der Waals surface area contributed by atoms with E-state index in [9.17, 15) is 9.59 Å². The third kappa shape index (κ3) is 3.78. The molecular weight excluding hydrogens is 390 g/mol. The monoisotopic (exact) mass is 411 g/mol. The first-order valence-corrected chi connectivity index (χ1v) is 10.2. The Bertz CT molecular complexity index is 1310. The number of aromatic nitrogens is 2. The normalized spacial score (nSPS) is 12.9. The quantitative estimate of drug-likeness (QED) is 0.412. The van der Waals surface area contributed by atoms with Gasteiger partial charge >= 0.3 is 0 Å². The molecule has 2 aromatic carbocycles. The summed E-state index contributed by atoms with van der Waals surface area (Å²) in [5.74, 6) is -0.148. The summed E-state index contributed by atoms with van der Waals surface area (Å²) < 4.78 is 0. The molecule has 31 heavy (non-hydrogen) atoms. The number of nitrogens with one attached hydrogen (secondary N) is 4. The summed E-state index contributed by atoms with van der Waals surface area (Å²) >= 11 is 0. The lowest BCUT2D eigenvalue weighted by atomic mass is 9.98. The molecule has 0 spiro atoms. The molecule has 0 bridgehead atoms. The lowest BCUT2D eigenvalue weighted by Crippen LogP contribution is -2.30. The zero-order valence-corrected chi connectivity index (χ0v) is 16.7. The summed E-state index contributed by atoms with van der Waals surface area (Å²) in [4.78, 5) is 32.0. The minimum Gasteiger partial charge on any atom is -0.355 e. The topological polar surface area (TPSA) is 98.9 Å². The van der Waals surface area contributed by atoms with Gasteiger partial charge in [-0.3, -0.25) is 9.59 Å². The molecule has 5 rings (SSSR count). The number of aromatic amines is 1. The second-order valence-electron chi connectivity index (χ2n) is 7.44. The van der Waals surface area contributed by atoms with Gasteiger partial charge in [-0.1, -0.05) is 18.2 Å². The number of hydrogen-bond donors (Lipinski definition) is 4. The van der Waals surface area contributed by atoms with E-state index in [-0.39, 0.29) is 11.5 Å². The Kier molecular flexibility index (Phi) is 4.93. The summed E-state index contributed by atoms with van der Waals surface area (Å²) in [7, 11) is 0. The third-order valence-corrected chi connectivity index (χ3v) is 5.43. The predicted octanol–water partition coefficient (Wildman–Crippen LogP) is 3.56. The lowest BCUT2D eigenvalue weighted by molar-refractivity contribution is 0.102. The van der Waals surface area contributed by atoms with E-state index in [1.165, 1.54) is 0 Å². The van der Waals surface area contributed by atoms with Crippen LogP contribution in [-0.2, 0) is 13.0 Å². The van der Waals surface area contributed by atoms with Gasteiger partial charge in [-0.2, -0.15) is 0 Å². The highest BCUT2D eigenvalue weighted by atomic mass is 16.1. The van der Waals surface area contributed by atoms with Crippen LogP contribution in [0.3, 0.4) is 0 Å². The standard InChI is InChI=1S/C24H21N5O2/c30-23(15-4-2-1-3-5-15)28-17-8-6-16(7-9-17)27-20-11-13-26-22-21(20)18-10-12-25-14-19(18)24(31)29-22/h1-9,11,13,25H,10,12,14H2,(H,28,30)(H2,26,27,29,31). The maximum Gasteiger partial charge on any atom is 0.255 e. The van der Waals surface area contributed by atoms with Crippen molar-refractivity contribution in [2.45, 2.75) is 13.0 Å². The molecule has 0 fully saturated rings. The molecule has 0 atom stereocenters. The fraction of sp³-hybridized carbons (Fsp3) is 0.125. The van der Waals surface area contributed by atoms with Crippen LogP contribution in [-0.4, -0.2) is 22.4 Å². The number of nitrogens with zero attached hydrogens (tertiary/aromatic N) is 1. The van der Waals surface area contributed by atoms with Crippen molar-refractivity contribution in [1.29, 1.82) is 0 Å². The van der Waals surface area contributed by atoms with Crippen LogP contribution in [0.4, 0.5) is 17.1 Å². The van der Waals surface area contributed by atoms with Crippen LogP contribution in [0.2, 0.25) is 0 Å². The van der Waals surface area contributed by atoms with E-state index in [1.54, 1.807) is 18.3 Å². The molecule has 7 nitrogen and oxygen atoms in total. The first kappa shape index (κ1) is 19.0. The molecule has 154 valence electrons. The van der Waals surface area contributed by atoms with Gasteiger partial charge in [0.2, 0.25) is 0 Å². The van der Waals surface area contributed by atoms with Gasteiger partial charge in [0, 0.05) is 40.6 Å². The highest BCUT2D eigenvalue weighted by Crippen LogP contribution is 2.29. The number of fused-ring (bicyclic) bond motifs is 3. The maximum atomic E-state index is 12.4. The summed E-state index contributed by atoms with van der Waals surface area (Å²) in [6, 6.07) is 18.5. The van der Waals surface area contributed by atoms with Crippen molar-refractivity contribution in [2.75, 3.05) is 17.2 Å². The molecule has 0 saturated heterocycles. The fourth-order valence-corrected chi connectivity index (χ4v) is 3.91. The second kappa shape index (κ2) is 8.04. The van der Waals surface area contributed by atoms with Gasteiger partial charge < -0.3 is 20.9 Å². The van der Waals surface area contributed by atoms with Gasteiger partial charge in [-0.25, -0.2) is 4.98 Å². The highest BCUT2D eigenvalue weighted by Gasteiger charge is 2.19. The molecule has 0 saturated carbocycles. The average Bonchev–Trinajstić information content (AvgIpc) is 2.81. The summed E-state index contributed by atoms with van der Waals surface area (Å²) in [6.07, 6.45) is 2.46. The van der Waals surface area contributed by atoms with E-state index >= 15 is 0 Å². The largest absolute Gasteiger partial charge is 0.355 e. The number of anilines is 3. The zero-order chi connectivity index (χ0) is 21.2. The van der Waals surface area contributed by atoms with Crippen LogP contribution in [0.15, 0.2) is 71.7 Å². The number of carbonyl (C=O) groups excluding carboxylic acids is 1. The third-order valence-electron chi connectivity index (χ3n) is 5.43. The lowest BCUT2D eigenvalue weighted by Gasteiger charge is -2.20. The Morgan fingerprint density at radius 1 is 0.935 bits per heavy atom. The molecule has 0 aliphatic carbocycles. The number of rotatable bonds is 4. The van der Waals surface area contributed by atoms with Crippen molar-refractivity contribution in [3.05, 3.63) is 93.9 Å². The minimum atomic E-state index is -0.148. The van der Waals surface area contributed by atoms with E-state index in [0.717, 1.165) is 40.9 Å². The highest BCUT2D eigenvalue weighted by molar-refractivity contribution is 6.04. The van der Waals surface area contributed by atoms with E-state index in [0.29, 0.717) is 23.4 Å². The Labute approximate surface area is 178 Å². The fourth-order valence-electron chi connectivity index (χ4n) is 3.91. The second-order valence-corrected chi connectivity index (χ2v) is 7.44. The average molecular weight is 411 g/mol. The van der Waals surface area contributed by atoms with Crippen molar-refractivity contribution >= 4 is 34.0 Å². The molecule has 1 aliphatic rings. The van der Waals surface area contributed by atoms with Gasteiger partial charge in [0.15, 0.2) is 0 Å². The van der Waals surface area contributed by atoms with Crippen molar-refractivity contribution in [1.82, 2.24) is 15.3 Å². The molecule has 3 heterocycles. The van der Waals surface area contributed by atoms with Gasteiger partial charge in [-0.15, -0.1) is 0 Å². The molecule has 7 heteroatoms. The molecule has 1 amide bonds. The van der Waals surface area contributed by atoms with Crippen LogP contribution < -0.4 is 21.5 Å². The van der Waals surface area contributed by atoms with Gasteiger partial charge in [0.1, 0.15) is 5.65 Å². The molecule has 1 aliphatic heterocycles. The molecule has 0 radical (unpaired) electrons. The van der Waals surface area contributed by atoms with E-state index < -0.39 is 0 Å². The molecule has 2 aromatic heterocycles. The molecule has 0 unspecified atom stereocenters. The molecular formula is C24H21N5O2. The Morgan fingerprint density at radius 2 is 1.71 bits per heavy atom. The van der Waals surface area contributed by atoms with Crippen LogP contribution in [0.5, 0.6) is 0 Å².